The summed E-state index contributed by atoms with van der Waals surface area (Å²) in [5, 5.41) is 8.71. The van der Waals surface area contributed by atoms with E-state index in [1.165, 1.54) is 0 Å². The molecule has 0 radical (unpaired) electrons. The molecule has 0 unspecified atom stereocenters. The van der Waals surface area contributed by atoms with Crippen molar-refractivity contribution in [1.82, 2.24) is 10.2 Å². The van der Waals surface area contributed by atoms with Crippen LogP contribution in [-0.2, 0) is 5.41 Å². The lowest BCUT2D eigenvalue weighted by atomic mass is 9.97. The van der Waals surface area contributed by atoms with Gasteiger partial charge in [-0.3, -0.25) is 0 Å². The Morgan fingerprint density at radius 3 is 2.36 bits per heavy atom. The molecule has 0 aliphatic heterocycles. The molecule has 0 aromatic carbocycles. The van der Waals surface area contributed by atoms with E-state index in [2.05, 4.69) is 44.8 Å². The van der Waals surface area contributed by atoms with Gasteiger partial charge in [-0.15, -0.1) is 10.2 Å². The predicted molar refractivity (Wildman–Crippen MR) is 58.6 cm³/mol. The smallest absolute Gasteiger partial charge is 0.276 e. The van der Waals surface area contributed by atoms with E-state index in [0.29, 0.717) is 17.0 Å². The van der Waals surface area contributed by atoms with Crippen LogP contribution in [-0.4, -0.2) is 16.0 Å². The van der Waals surface area contributed by atoms with Crippen molar-refractivity contribution < 1.29 is 4.42 Å². The zero-order chi connectivity index (χ0) is 10.8. The molecule has 1 aromatic heterocycles. The van der Waals surface area contributed by atoms with Gasteiger partial charge in [0.15, 0.2) is 0 Å². The van der Waals surface area contributed by atoms with Crippen LogP contribution in [0.2, 0.25) is 0 Å². The topological polar surface area (TPSA) is 38.9 Å². The maximum absolute atomic E-state index is 5.54. The summed E-state index contributed by atoms with van der Waals surface area (Å²) in [6, 6.07) is 0. The molecule has 0 saturated heterocycles. The number of nitrogens with zero attached hydrogens (tertiary/aromatic N) is 2. The van der Waals surface area contributed by atoms with E-state index < -0.39 is 0 Å². The first-order valence-corrected chi connectivity index (χ1v) is 5.85. The lowest BCUT2D eigenvalue weighted by Crippen LogP contribution is -2.11. The van der Waals surface area contributed by atoms with Gasteiger partial charge in [-0.25, -0.2) is 0 Å². The van der Waals surface area contributed by atoms with Crippen LogP contribution in [0.4, 0.5) is 0 Å². The first kappa shape index (κ1) is 11.6. The van der Waals surface area contributed by atoms with E-state index in [1.807, 2.05) is 0 Å². The van der Waals surface area contributed by atoms with Crippen LogP contribution >= 0.6 is 11.8 Å². The number of aromatic nitrogens is 2. The molecule has 1 heterocycles. The van der Waals surface area contributed by atoms with Gasteiger partial charge >= 0.3 is 0 Å². The standard InChI is InChI=1S/C10H18N2OS/c1-7(2)6-14-9-12-11-8(13-9)10(3,4)5/h7H,6H2,1-5H3. The van der Waals surface area contributed by atoms with Crippen molar-refractivity contribution >= 4 is 11.8 Å². The van der Waals surface area contributed by atoms with E-state index in [1.54, 1.807) is 11.8 Å². The van der Waals surface area contributed by atoms with Gasteiger partial charge in [-0.1, -0.05) is 46.4 Å². The minimum Gasteiger partial charge on any atom is -0.415 e. The van der Waals surface area contributed by atoms with Crippen LogP contribution < -0.4 is 0 Å². The van der Waals surface area contributed by atoms with Gasteiger partial charge in [0.25, 0.3) is 5.22 Å². The predicted octanol–water partition coefficient (Wildman–Crippen LogP) is 3.12. The highest BCUT2D eigenvalue weighted by atomic mass is 32.2. The summed E-state index contributed by atoms with van der Waals surface area (Å²) in [5.41, 5.74) is -0.0519. The molecule has 0 spiro atoms. The summed E-state index contributed by atoms with van der Waals surface area (Å²) in [5.74, 6) is 2.37. The average molecular weight is 214 g/mol. The van der Waals surface area contributed by atoms with E-state index in [0.717, 1.165) is 5.75 Å². The van der Waals surface area contributed by atoms with Crippen LogP contribution in [0.1, 0.15) is 40.5 Å². The maximum atomic E-state index is 5.54. The molecule has 0 N–H and O–H groups in total. The van der Waals surface area contributed by atoms with Crippen molar-refractivity contribution in [3.63, 3.8) is 0 Å². The lowest BCUT2D eigenvalue weighted by molar-refractivity contribution is 0.347. The van der Waals surface area contributed by atoms with Gasteiger partial charge < -0.3 is 4.42 Å². The van der Waals surface area contributed by atoms with Crippen LogP contribution in [0.3, 0.4) is 0 Å². The molecule has 0 fully saturated rings. The van der Waals surface area contributed by atoms with Gasteiger partial charge in [0.1, 0.15) is 0 Å². The first-order valence-electron chi connectivity index (χ1n) is 4.86. The van der Waals surface area contributed by atoms with E-state index in [4.69, 9.17) is 4.42 Å². The fourth-order valence-electron chi connectivity index (χ4n) is 0.809. The molecule has 0 amide bonds. The van der Waals surface area contributed by atoms with Gasteiger partial charge in [0.05, 0.1) is 0 Å². The molecule has 4 heteroatoms. The summed E-state index contributed by atoms with van der Waals surface area (Å²) in [6.07, 6.45) is 0. The van der Waals surface area contributed by atoms with Gasteiger partial charge in [-0.05, 0) is 5.92 Å². The Balaban J connectivity index is 2.60. The highest BCUT2D eigenvalue weighted by Gasteiger charge is 2.21. The fourth-order valence-corrected chi connectivity index (χ4v) is 1.52. The minimum atomic E-state index is -0.0519. The molecule has 1 aromatic rings. The lowest BCUT2D eigenvalue weighted by Gasteiger charge is -2.10. The minimum absolute atomic E-state index is 0.0519. The normalized spacial score (nSPS) is 12.4. The van der Waals surface area contributed by atoms with Gasteiger partial charge in [0.2, 0.25) is 5.89 Å². The molecule has 14 heavy (non-hydrogen) atoms. The molecule has 1 rings (SSSR count). The molecular formula is C10H18N2OS. The Hall–Kier alpha value is -0.510. The number of rotatable bonds is 3. The molecular weight excluding hydrogens is 196 g/mol. The van der Waals surface area contributed by atoms with E-state index >= 15 is 0 Å². The van der Waals surface area contributed by atoms with Crippen molar-refractivity contribution in [2.45, 2.75) is 45.3 Å². The second-order valence-electron chi connectivity index (χ2n) is 4.83. The third-order valence-corrected chi connectivity index (χ3v) is 2.83. The van der Waals surface area contributed by atoms with Crippen LogP contribution in [0.25, 0.3) is 0 Å². The Labute approximate surface area is 89.7 Å². The zero-order valence-electron chi connectivity index (χ0n) is 9.50. The second kappa shape index (κ2) is 4.34. The fraction of sp³-hybridized carbons (Fsp3) is 0.800. The van der Waals surface area contributed by atoms with E-state index in [-0.39, 0.29) is 5.41 Å². The molecule has 3 nitrogen and oxygen atoms in total. The van der Waals surface area contributed by atoms with Crippen molar-refractivity contribution in [1.29, 1.82) is 0 Å². The number of hydrogen-bond donors (Lipinski definition) is 0. The highest BCUT2D eigenvalue weighted by Crippen LogP contribution is 2.25. The summed E-state index contributed by atoms with van der Waals surface area (Å²) in [7, 11) is 0. The molecule has 0 aliphatic rings. The summed E-state index contributed by atoms with van der Waals surface area (Å²) in [4.78, 5) is 0. The zero-order valence-corrected chi connectivity index (χ0v) is 10.3. The number of thioether (sulfide) groups is 1. The van der Waals surface area contributed by atoms with Crippen molar-refractivity contribution in [3.8, 4) is 0 Å². The summed E-state index contributed by atoms with van der Waals surface area (Å²) < 4.78 is 5.54. The maximum Gasteiger partial charge on any atom is 0.276 e. The molecule has 0 saturated carbocycles. The third-order valence-electron chi connectivity index (χ3n) is 1.59. The first-order chi connectivity index (χ1) is 6.39. The Morgan fingerprint density at radius 2 is 1.93 bits per heavy atom. The van der Waals surface area contributed by atoms with Gasteiger partial charge in [-0.2, -0.15) is 0 Å². The Morgan fingerprint density at radius 1 is 1.29 bits per heavy atom. The molecule has 0 atom stereocenters. The SMILES string of the molecule is CC(C)CSc1nnc(C(C)(C)C)o1. The quantitative estimate of drug-likeness (QED) is 0.725. The molecule has 0 aliphatic carbocycles. The van der Waals surface area contributed by atoms with Crippen molar-refractivity contribution in [2.75, 3.05) is 5.75 Å². The molecule has 80 valence electrons. The third kappa shape index (κ3) is 3.33. The Bertz CT molecular complexity index is 289. The largest absolute Gasteiger partial charge is 0.415 e. The van der Waals surface area contributed by atoms with Crippen molar-refractivity contribution in [3.05, 3.63) is 5.89 Å². The average Bonchev–Trinajstić information content (AvgIpc) is 2.47. The monoisotopic (exact) mass is 214 g/mol. The highest BCUT2D eigenvalue weighted by molar-refractivity contribution is 7.99. The van der Waals surface area contributed by atoms with Crippen LogP contribution in [0, 0.1) is 5.92 Å². The van der Waals surface area contributed by atoms with Gasteiger partial charge in [0, 0.05) is 11.2 Å². The summed E-state index contributed by atoms with van der Waals surface area (Å²) >= 11 is 1.63. The Kier molecular flexibility index (Phi) is 3.59. The molecule has 0 bridgehead atoms. The van der Waals surface area contributed by atoms with Crippen LogP contribution in [0.15, 0.2) is 9.64 Å². The van der Waals surface area contributed by atoms with Crippen molar-refractivity contribution in [2.24, 2.45) is 5.92 Å². The number of hydrogen-bond acceptors (Lipinski definition) is 4. The summed E-state index contributed by atoms with van der Waals surface area (Å²) in [6.45, 7) is 10.5. The second-order valence-corrected chi connectivity index (χ2v) is 5.80. The van der Waals surface area contributed by atoms with E-state index in [9.17, 15) is 0 Å². The van der Waals surface area contributed by atoms with Crippen LogP contribution in [0.5, 0.6) is 0 Å².